The molecule has 0 saturated heterocycles. The van der Waals surface area contributed by atoms with Crippen LogP contribution < -0.4 is 0 Å². The van der Waals surface area contributed by atoms with Gasteiger partial charge in [0.05, 0.1) is 0 Å². The standard InChI is InChI=1S/C18H32BrF4I/c19-18(22,23)17(20,21)15-13-11-9-7-5-3-1-2-4-6-8-10-12-14-16-24/h1-16H2. The third-order valence-electron chi connectivity index (χ3n) is 4.29. The molecule has 0 radical (unpaired) electrons. The normalized spacial score (nSPS) is 12.8. The summed E-state index contributed by atoms with van der Waals surface area (Å²) in [5.74, 6) is -3.94. The van der Waals surface area contributed by atoms with Gasteiger partial charge in [0, 0.05) is 6.42 Å². The summed E-state index contributed by atoms with van der Waals surface area (Å²) in [5.41, 5.74) is 0. The van der Waals surface area contributed by atoms with Crippen molar-refractivity contribution < 1.29 is 17.6 Å². The maximum atomic E-state index is 13.0. The van der Waals surface area contributed by atoms with E-state index in [2.05, 4.69) is 22.6 Å². The Morgan fingerprint density at radius 1 is 0.542 bits per heavy atom. The second-order valence-corrected chi connectivity index (χ2v) is 8.67. The average Bonchev–Trinajstić information content (AvgIpc) is 2.50. The van der Waals surface area contributed by atoms with Gasteiger partial charge in [-0.25, -0.2) is 0 Å². The molecule has 6 heteroatoms. The van der Waals surface area contributed by atoms with Gasteiger partial charge in [0.15, 0.2) is 0 Å². The zero-order valence-electron chi connectivity index (χ0n) is 14.6. The fourth-order valence-electron chi connectivity index (χ4n) is 2.70. The van der Waals surface area contributed by atoms with Crippen LogP contribution in [0.2, 0.25) is 0 Å². The van der Waals surface area contributed by atoms with E-state index in [1.165, 1.54) is 62.2 Å². The molecule has 0 aromatic rings. The van der Waals surface area contributed by atoms with E-state index in [1.807, 2.05) is 0 Å². The van der Waals surface area contributed by atoms with E-state index in [9.17, 15) is 17.6 Å². The van der Waals surface area contributed by atoms with Crippen LogP contribution in [0.5, 0.6) is 0 Å². The Morgan fingerprint density at radius 3 is 1.12 bits per heavy atom. The summed E-state index contributed by atoms with van der Waals surface area (Å²) in [6.45, 7) is 0. The van der Waals surface area contributed by atoms with Gasteiger partial charge in [0.1, 0.15) is 0 Å². The maximum absolute atomic E-state index is 13.0. The van der Waals surface area contributed by atoms with Crippen molar-refractivity contribution in [2.75, 3.05) is 4.43 Å². The summed E-state index contributed by atoms with van der Waals surface area (Å²) >= 11 is 4.19. The van der Waals surface area contributed by atoms with Gasteiger partial charge in [-0.3, -0.25) is 0 Å². The lowest BCUT2D eigenvalue weighted by Gasteiger charge is -2.21. The van der Waals surface area contributed by atoms with Gasteiger partial charge in [-0.05, 0) is 33.2 Å². The largest absolute Gasteiger partial charge is 0.363 e. The SMILES string of the molecule is FC(F)(Br)C(F)(F)CCCCCCCCCCCCCCCCI. The molecule has 0 aromatic carbocycles. The summed E-state index contributed by atoms with van der Waals surface area (Å²) in [4.78, 5) is -4.09. The van der Waals surface area contributed by atoms with Crippen LogP contribution in [0.3, 0.4) is 0 Å². The third kappa shape index (κ3) is 14.1. The first kappa shape index (κ1) is 24.9. The number of rotatable bonds is 17. The second kappa shape index (κ2) is 15.0. The first-order chi connectivity index (χ1) is 11.3. The molecule has 0 bridgehead atoms. The average molecular weight is 531 g/mol. The maximum Gasteiger partial charge on any atom is 0.363 e. The molecule has 0 unspecified atom stereocenters. The highest BCUT2D eigenvalue weighted by atomic mass is 127. The fraction of sp³-hybridized carbons (Fsp3) is 1.00. The lowest BCUT2D eigenvalue weighted by Crippen LogP contribution is -2.34. The van der Waals surface area contributed by atoms with E-state index in [1.54, 1.807) is 15.9 Å². The topological polar surface area (TPSA) is 0 Å². The van der Waals surface area contributed by atoms with Gasteiger partial charge in [0.2, 0.25) is 0 Å². The third-order valence-corrected chi connectivity index (χ3v) is 5.63. The number of hydrogen-bond acceptors (Lipinski definition) is 0. The Balaban J connectivity index is 3.24. The van der Waals surface area contributed by atoms with Crippen LogP contribution >= 0.6 is 38.5 Å². The molecule has 0 rings (SSSR count). The minimum absolute atomic E-state index is 0.158. The first-order valence-corrected chi connectivity index (χ1v) is 11.6. The zero-order valence-corrected chi connectivity index (χ0v) is 18.3. The van der Waals surface area contributed by atoms with Crippen LogP contribution in [0, 0.1) is 0 Å². The highest BCUT2D eigenvalue weighted by molar-refractivity contribution is 14.1. The molecule has 24 heavy (non-hydrogen) atoms. The molecule has 0 atom stereocenters. The van der Waals surface area contributed by atoms with Crippen molar-refractivity contribution in [3.8, 4) is 0 Å². The van der Waals surface area contributed by atoms with Crippen LogP contribution in [0.4, 0.5) is 17.6 Å². The summed E-state index contributed by atoms with van der Waals surface area (Å²) in [6.07, 6.45) is 14.9. The van der Waals surface area contributed by atoms with Crippen molar-refractivity contribution >= 4 is 38.5 Å². The molecular formula is C18H32BrF4I. The highest BCUT2D eigenvalue weighted by Gasteiger charge is 2.53. The molecule has 0 aliphatic heterocycles. The minimum atomic E-state index is -4.09. The van der Waals surface area contributed by atoms with Gasteiger partial charge in [-0.1, -0.05) is 99.6 Å². The van der Waals surface area contributed by atoms with Crippen molar-refractivity contribution in [1.82, 2.24) is 0 Å². The van der Waals surface area contributed by atoms with Crippen molar-refractivity contribution in [3.05, 3.63) is 0 Å². The van der Waals surface area contributed by atoms with E-state index in [-0.39, 0.29) is 6.42 Å². The Bertz CT molecular complexity index is 283. The van der Waals surface area contributed by atoms with Gasteiger partial charge >= 0.3 is 10.8 Å². The molecule has 0 N–H and O–H groups in total. The van der Waals surface area contributed by atoms with Crippen LogP contribution in [-0.4, -0.2) is 15.2 Å². The lowest BCUT2D eigenvalue weighted by molar-refractivity contribution is -0.151. The second-order valence-electron chi connectivity index (χ2n) is 6.59. The quantitative estimate of drug-likeness (QED) is 0.0761. The molecule has 146 valence electrons. The van der Waals surface area contributed by atoms with E-state index < -0.39 is 17.2 Å². The van der Waals surface area contributed by atoms with Crippen LogP contribution in [0.15, 0.2) is 0 Å². The molecule has 0 amide bonds. The van der Waals surface area contributed by atoms with Gasteiger partial charge in [-0.2, -0.15) is 17.6 Å². The molecule has 0 nitrogen and oxygen atoms in total. The lowest BCUT2D eigenvalue weighted by atomic mass is 10.0. The van der Waals surface area contributed by atoms with Crippen LogP contribution in [0.1, 0.15) is 96.3 Å². The number of halogens is 6. The van der Waals surface area contributed by atoms with Crippen LogP contribution in [-0.2, 0) is 0 Å². The first-order valence-electron chi connectivity index (χ1n) is 9.32. The molecule has 0 saturated carbocycles. The monoisotopic (exact) mass is 530 g/mol. The molecule has 0 spiro atoms. The summed E-state index contributed by atoms with van der Waals surface area (Å²) in [5, 5.41) is 0. The van der Waals surface area contributed by atoms with E-state index >= 15 is 0 Å². The molecule has 0 aliphatic rings. The zero-order chi connectivity index (χ0) is 18.3. The molecule has 0 heterocycles. The van der Waals surface area contributed by atoms with E-state index in [0.717, 1.165) is 19.3 Å². The summed E-state index contributed by atoms with van der Waals surface area (Å²) in [7, 11) is 0. The fourth-order valence-corrected chi connectivity index (χ4v) is 3.44. The Labute approximate surface area is 167 Å². The Kier molecular flexibility index (Phi) is 15.6. The van der Waals surface area contributed by atoms with Gasteiger partial charge in [0.25, 0.3) is 0 Å². The predicted molar refractivity (Wildman–Crippen MR) is 107 cm³/mol. The van der Waals surface area contributed by atoms with Crippen molar-refractivity contribution in [3.63, 3.8) is 0 Å². The number of unbranched alkanes of at least 4 members (excludes halogenated alkanes) is 13. The van der Waals surface area contributed by atoms with Gasteiger partial charge < -0.3 is 0 Å². The van der Waals surface area contributed by atoms with Gasteiger partial charge in [-0.15, -0.1) is 0 Å². The van der Waals surface area contributed by atoms with Crippen molar-refractivity contribution in [1.29, 1.82) is 0 Å². The molecule has 0 aliphatic carbocycles. The molecule has 0 aromatic heterocycles. The van der Waals surface area contributed by atoms with Crippen molar-refractivity contribution in [2.24, 2.45) is 0 Å². The predicted octanol–water partition coefficient (Wildman–Crippen LogP) is 8.90. The smallest absolute Gasteiger partial charge is 0.199 e. The number of alkyl halides is 6. The minimum Gasteiger partial charge on any atom is -0.199 e. The summed E-state index contributed by atoms with van der Waals surface area (Å²) in [6, 6.07) is 0. The van der Waals surface area contributed by atoms with E-state index in [4.69, 9.17) is 0 Å². The Hall–Kier alpha value is 0.930. The molecular weight excluding hydrogens is 499 g/mol. The highest BCUT2D eigenvalue weighted by Crippen LogP contribution is 2.42. The van der Waals surface area contributed by atoms with Crippen LogP contribution in [0.25, 0.3) is 0 Å². The number of hydrogen-bond donors (Lipinski definition) is 0. The van der Waals surface area contributed by atoms with E-state index in [0.29, 0.717) is 6.42 Å². The Morgan fingerprint density at radius 2 is 0.833 bits per heavy atom. The van der Waals surface area contributed by atoms with Crippen molar-refractivity contribution in [2.45, 2.75) is 107 Å². The molecule has 0 fully saturated rings. The summed E-state index contributed by atoms with van der Waals surface area (Å²) < 4.78 is 52.4.